The van der Waals surface area contributed by atoms with Gasteiger partial charge in [-0.25, -0.2) is 4.39 Å². The van der Waals surface area contributed by atoms with Crippen molar-refractivity contribution in [3.63, 3.8) is 0 Å². The summed E-state index contributed by atoms with van der Waals surface area (Å²) >= 11 is 6.04. The van der Waals surface area contributed by atoms with Crippen LogP contribution in [0.3, 0.4) is 0 Å². The first kappa shape index (κ1) is 22.0. The molecule has 1 saturated heterocycles. The minimum absolute atomic E-state index is 0.0973. The molecule has 31 heavy (non-hydrogen) atoms. The molecule has 0 aromatic heterocycles. The van der Waals surface area contributed by atoms with Gasteiger partial charge in [0.25, 0.3) is 0 Å². The minimum Gasteiger partial charge on any atom is -0.390 e. The second-order valence-electron chi connectivity index (χ2n) is 11.3. The molecule has 8 atom stereocenters. The molecule has 0 bridgehead atoms. The van der Waals surface area contributed by atoms with Crippen LogP contribution in [0.15, 0.2) is 11.6 Å². The van der Waals surface area contributed by atoms with E-state index in [-0.39, 0.29) is 36.2 Å². The van der Waals surface area contributed by atoms with Gasteiger partial charge >= 0.3 is 0 Å². The normalized spacial score (nSPS) is 52.6. The molecule has 0 spiro atoms. The largest absolute Gasteiger partial charge is 0.390 e. The van der Waals surface area contributed by atoms with Gasteiger partial charge in [0.2, 0.25) is 0 Å². The van der Waals surface area contributed by atoms with Crippen molar-refractivity contribution in [1.82, 2.24) is 0 Å². The van der Waals surface area contributed by atoms with E-state index in [0.717, 1.165) is 5.57 Å². The van der Waals surface area contributed by atoms with E-state index < -0.39 is 46.0 Å². The van der Waals surface area contributed by atoms with Crippen molar-refractivity contribution in [3.05, 3.63) is 11.6 Å². The number of allylic oxidation sites excluding steroid dienone is 2. The lowest BCUT2D eigenvalue weighted by Gasteiger charge is -2.63. The summed E-state index contributed by atoms with van der Waals surface area (Å²) < 4.78 is 29.7. The predicted molar refractivity (Wildman–Crippen MR) is 112 cm³/mol. The van der Waals surface area contributed by atoms with Crippen molar-refractivity contribution >= 4 is 23.2 Å². The fraction of sp³-hybridized carbons (Fsp3) is 0.833. The summed E-state index contributed by atoms with van der Waals surface area (Å²) in [6.07, 6.45) is 2.25. The number of ether oxygens (including phenoxy) is 2. The summed E-state index contributed by atoms with van der Waals surface area (Å²) in [5.74, 6) is -1.98. The fourth-order valence-corrected chi connectivity index (χ4v) is 8.38. The molecule has 1 aliphatic heterocycles. The molecule has 0 radical (unpaired) electrons. The van der Waals surface area contributed by atoms with E-state index >= 15 is 4.39 Å². The van der Waals surface area contributed by atoms with E-state index in [4.69, 9.17) is 21.1 Å². The summed E-state index contributed by atoms with van der Waals surface area (Å²) in [6, 6.07) is 0. The molecule has 5 rings (SSSR count). The first-order valence-corrected chi connectivity index (χ1v) is 11.9. The van der Waals surface area contributed by atoms with Crippen molar-refractivity contribution in [1.29, 1.82) is 0 Å². The van der Waals surface area contributed by atoms with Gasteiger partial charge in [0.1, 0.15) is 11.5 Å². The van der Waals surface area contributed by atoms with E-state index in [0.29, 0.717) is 25.7 Å². The molecular weight excluding hydrogens is 423 g/mol. The van der Waals surface area contributed by atoms with Crippen LogP contribution in [0.1, 0.15) is 66.2 Å². The highest BCUT2D eigenvalue weighted by Crippen LogP contribution is 2.72. The molecular formula is C24H32ClFO5. The molecule has 5 aliphatic rings. The van der Waals surface area contributed by atoms with Crippen molar-refractivity contribution in [2.24, 2.45) is 22.7 Å². The summed E-state index contributed by atoms with van der Waals surface area (Å²) in [6.45, 7) is 7.37. The van der Waals surface area contributed by atoms with Gasteiger partial charge in [-0.05, 0) is 45.4 Å². The van der Waals surface area contributed by atoms with Gasteiger partial charge in [0.05, 0.1) is 18.1 Å². The first-order valence-electron chi connectivity index (χ1n) is 11.4. The maximum absolute atomic E-state index is 17.2. The van der Waals surface area contributed by atoms with Crippen LogP contribution in [0, 0.1) is 22.7 Å². The first-order chi connectivity index (χ1) is 14.4. The average molecular weight is 455 g/mol. The van der Waals surface area contributed by atoms with Crippen LogP contribution in [0.2, 0.25) is 0 Å². The zero-order chi connectivity index (χ0) is 22.6. The van der Waals surface area contributed by atoms with Crippen molar-refractivity contribution in [2.45, 2.75) is 95.5 Å². The molecule has 172 valence electrons. The van der Waals surface area contributed by atoms with Crippen LogP contribution in [0.25, 0.3) is 0 Å². The molecule has 1 heterocycles. The van der Waals surface area contributed by atoms with Gasteiger partial charge in [-0.1, -0.05) is 25.5 Å². The Morgan fingerprint density at radius 2 is 2.00 bits per heavy atom. The van der Waals surface area contributed by atoms with E-state index in [1.165, 1.54) is 0 Å². The summed E-state index contributed by atoms with van der Waals surface area (Å²) in [7, 11) is 0. The van der Waals surface area contributed by atoms with Crippen molar-refractivity contribution in [2.75, 3.05) is 5.88 Å². The molecule has 7 heteroatoms. The van der Waals surface area contributed by atoms with Crippen LogP contribution < -0.4 is 0 Å². The number of carbonyl (C=O) groups excluding carboxylic acids is 2. The van der Waals surface area contributed by atoms with Crippen LogP contribution in [-0.2, 0) is 19.1 Å². The third kappa shape index (κ3) is 2.43. The number of aliphatic hydroxyl groups is 1. The molecule has 5 nitrogen and oxygen atoms in total. The van der Waals surface area contributed by atoms with E-state index in [1.54, 1.807) is 13.8 Å². The number of carbonyl (C=O) groups is 2. The Bertz CT molecular complexity index is 887. The Morgan fingerprint density at radius 3 is 2.68 bits per heavy atom. The second-order valence-corrected chi connectivity index (χ2v) is 11.5. The Labute approximate surface area is 187 Å². The highest BCUT2D eigenvalue weighted by molar-refractivity contribution is 6.29. The van der Waals surface area contributed by atoms with Gasteiger partial charge in [0, 0.05) is 29.6 Å². The summed E-state index contributed by atoms with van der Waals surface area (Å²) in [5, 5.41) is 11.4. The topological polar surface area (TPSA) is 72.8 Å². The highest BCUT2D eigenvalue weighted by Gasteiger charge is 2.79. The Kier molecular flexibility index (Phi) is 4.54. The molecule has 0 aromatic carbocycles. The number of halogens is 2. The van der Waals surface area contributed by atoms with Crippen molar-refractivity contribution in [3.8, 4) is 0 Å². The number of hydrogen-bond acceptors (Lipinski definition) is 5. The molecule has 4 aliphatic carbocycles. The highest BCUT2D eigenvalue weighted by atomic mass is 35.5. The quantitative estimate of drug-likeness (QED) is 0.506. The number of aliphatic hydroxyl groups excluding tert-OH is 1. The van der Waals surface area contributed by atoms with E-state index in [1.807, 2.05) is 19.9 Å². The molecule has 1 N–H and O–H groups in total. The summed E-state index contributed by atoms with van der Waals surface area (Å²) in [5.41, 5.74) is -4.01. The number of ketones is 2. The van der Waals surface area contributed by atoms with Gasteiger partial charge in [-0.15, -0.1) is 11.6 Å². The SMILES string of the molecule is CC1(C)O[C@@H]2CC3C4CC=C5CC(=O)CCC5(C)[C@@]4(F)C(O)CC3(C)[C@]2(C(=O)CCl)O1. The molecule has 4 fully saturated rings. The Balaban J connectivity index is 1.63. The monoisotopic (exact) mass is 454 g/mol. The lowest BCUT2D eigenvalue weighted by atomic mass is 9.44. The number of fused-ring (bicyclic) bond motifs is 7. The Morgan fingerprint density at radius 1 is 1.29 bits per heavy atom. The third-order valence-electron chi connectivity index (χ3n) is 9.55. The van der Waals surface area contributed by atoms with E-state index in [9.17, 15) is 14.7 Å². The van der Waals surface area contributed by atoms with Gasteiger partial charge in [-0.3, -0.25) is 9.59 Å². The predicted octanol–water partition coefficient (Wildman–Crippen LogP) is 3.89. The average Bonchev–Trinajstić information content (AvgIpc) is 3.09. The van der Waals surface area contributed by atoms with Crippen LogP contribution >= 0.6 is 11.6 Å². The van der Waals surface area contributed by atoms with E-state index in [2.05, 4.69) is 0 Å². The fourth-order valence-electron chi connectivity index (χ4n) is 8.19. The summed E-state index contributed by atoms with van der Waals surface area (Å²) in [4.78, 5) is 25.4. The maximum atomic E-state index is 17.2. The third-order valence-corrected chi connectivity index (χ3v) is 9.79. The molecule has 0 amide bonds. The standard InChI is InChI=1S/C24H32ClFO5/c1-20(2)30-19-10-16-15-6-5-13-9-14(27)7-8-21(13,3)23(15,26)17(28)11-22(16,4)24(19,31-20)18(29)12-25/h5,15-17,19,28H,6-12H2,1-4H3/t15?,16?,17?,19-,21?,22?,23+,24-/m1/s1. The van der Waals surface area contributed by atoms with Crippen LogP contribution in [0.5, 0.6) is 0 Å². The number of rotatable bonds is 2. The molecule has 0 aromatic rings. The minimum atomic E-state index is -1.86. The zero-order valence-corrected chi connectivity index (χ0v) is 19.4. The maximum Gasteiger partial charge on any atom is 0.182 e. The smallest absolute Gasteiger partial charge is 0.182 e. The van der Waals surface area contributed by atoms with Gasteiger partial charge in [0.15, 0.2) is 17.2 Å². The zero-order valence-electron chi connectivity index (χ0n) is 18.7. The lowest BCUT2D eigenvalue weighted by molar-refractivity contribution is -0.247. The molecule has 3 saturated carbocycles. The van der Waals surface area contributed by atoms with Crippen LogP contribution in [0.4, 0.5) is 4.39 Å². The number of Topliss-reactive ketones (excluding diaryl/α,β-unsaturated/α-hetero) is 2. The number of hydrogen-bond donors (Lipinski definition) is 1. The Hall–Kier alpha value is -0.820. The second kappa shape index (κ2) is 6.40. The number of alkyl halides is 2. The van der Waals surface area contributed by atoms with Crippen molar-refractivity contribution < 1.29 is 28.6 Å². The lowest BCUT2D eigenvalue weighted by Crippen LogP contribution is -2.70. The van der Waals surface area contributed by atoms with Crippen LogP contribution in [-0.4, -0.2) is 51.8 Å². The van der Waals surface area contributed by atoms with Gasteiger partial charge in [-0.2, -0.15) is 0 Å². The van der Waals surface area contributed by atoms with Gasteiger partial charge < -0.3 is 14.6 Å². The molecule has 5 unspecified atom stereocenters.